The van der Waals surface area contributed by atoms with Gasteiger partial charge in [0, 0.05) is 11.6 Å². The summed E-state index contributed by atoms with van der Waals surface area (Å²) in [5.74, 6) is -0.621. The fraction of sp³-hybridized carbons (Fsp3) is 0.800. The second-order valence-electron chi connectivity index (χ2n) is 8.82. The minimum Gasteiger partial charge on any atom is -0.310 e. The maximum atomic E-state index is 15.4. The Balaban J connectivity index is 3.11. The molecule has 2 nitrogen and oxygen atoms in total. The monoisotopic (exact) mass is 366 g/mol. The van der Waals surface area contributed by atoms with Crippen molar-refractivity contribution >= 4 is 14.2 Å². The summed E-state index contributed by atoms with van der Waals surface area (Å²) >= 11 is 0. The average Bonchev–Trinajstić information content (AvgIpc) is 2.47. The Labute approximate surface area is 161 Å². The van der Waals surface area contributed by atoms with E-state index in [9.17, 15) is 0 Å². The van der Waals surface area contributed by atoms with Crippen LogP contribution in [0.2, 0.25) is 11.6 Å². The molecule has 0 amide bonds. The number of nitrogens with zero attached hydrogens (tertiary/aromatic N) is 2. The van der Waals surface area contributed by atoms with E-state index in [0.29, 0.717) is 0 Å². The van der Waals surface area contributed by atoms with E-state index < -0.39 is 14.2 Å². The van der Waals surface area contributed by atoms with Gasteiger partial charge in [-0.1, -0.05) is 78.7 Å². The zero-order valence-corrected chi connectivity index (χ0v) is 18.4. The van der Waals surface area contributed by atoms with Crippen molar-refractivity contribution in [3.63, 3.8) is 0 Å². The molecule has 1 rings (SSSR count). The van der Waals surface area contributed by atoms with E-state index >= 15 is 8.63 Å². The first-order valence-electron chi connectivity index (χ1n) is 10.1. The number of hydrogen-bond donors (Lipinski definition) is 0. The third kappa shape index (κ3) is 5.01. The van der Waals surface area contributed by atoms with Crippen molar-refractivity contribution in [1.82, 2.24) is 9.62 Å². The van der Waals surface area contributed by atoms with E-state index in [4.69, 9.17) is 0 Å². The van der Waals surface area contributed by atoms with Crippen LogP contribution >= 0.6 is 0 Å². The lowest BCUT2D eigenvalue weighted by Gasteiger charge is -2.39. The van der Waals surface area contributed by atoms with Gasteiger partial charge in [0.15, 0.2) is 0 Å². The highest BCUT2D eigenvalue weighted by atomic mass is 19.1. The predicted octanol–water partition coefficient (Wildman–Crippen LogP) is 5.79. The largest absolute Gasteiger partial charge is 0.442 e. The highest BCUT2D eigenvalue weighted by Crippen LogP contribution is 2.41. The Morgan fingerprint density at radius 1 is 0.654 bits per heavy atom. The summed E-state index contributed by atoms with van der Waals surface area (Å²) in [5.41, 5.74) is 1.93. The SMILES string of the molecule is CC1=C(C)C(B(F)N(C(C)C)C(C)C)C=CC1B(F)N(C(C)C)C(C)C. The average molecular weight is 366 g/mol. The van der Waals surface area contributed by atoms with Gasteiger partial charge in [-0.2, -0.15) is 0 Å². The van der Waals surface area contributed by atoms with Crippen molar-refractivity contribution in [3.05, 3.63) is 23.3 Å². The summed E-state index contributed by atoms with van der Waals surface area (Å²) in [6.07, 6.45) is 3.78. The molecule has 0 bridgehead atoms. The van der Waals surface area contributed by atoms with E-state index in [2.05, 4.69) is 0 Å². The molecule has 1 aliphatic carbocycles. The molecule has 2 unspecified atom stereocenters. The lowest BCUT2D eigenvalue weighted by molar-refractivity contribution is 0.278. The van der Waals surface area contributed by atoms with Gasteiger partial charge in [0.1, 0.15) is 0 Å². The van der Waals surface area contributed by atoms with Gasteiger partial charge in [0.2, 0.25) is 0 Å². The van der Waals surface area contributed by atoms with Gasteiger partial charge in [-0.15, -0.1) is 0 Å². The normalized spacial score (nSPS) is 21.3. The Morgan fingerprint density at radius 3 is 1.08 bits per heavy atom. The minimum atomic E-state index is -1.09. The van der Waals surface area contributed by atoms with E-state index in [1.807, 2.05) is 91.0 Å². The summed E-state index contributed by atoms with van der Waals surface area (Å²) in [7, 11) is -2.18. The number of halogens is 2. The number of allylic oxidation sites excluding steroid dienone is 4. The smallest absolute Gasteiger partial charge is 0.310 e. The maximum Gasteiger partial charge on any atom is 0.442 e. The summed E-state index contributed by atoms with van der Waals surface area (Å²) in [4.78, 5) is 3.79. The van der Waals surface area contributed by atoms with Crippen LogP contribution in [0.5, 0.6) is 0 Å². The standard InChI is InChI=1S/C20H38B2F2N2/c1-13(2)25(14(3)4)21(23)19-11-12-20(18(10)17(19)9)22(24)26(15(5)6)16(7)8/h11-16,19-20H,1-10H3. The van der Waals surface area contributed by atoms with Crippen molar-refractivity contribution in [2.24, 2.45) is 0 Å². The van der Waals surface area contributed by atoms with Crippen LogP contribution in [-0.4, -0.2) is 48.0 Å². The van der Waals surface area contributed by atoms with Gasteiger partial charge >= 0.3 is 14.2 Å². The molecular weight excluding hydrogens is 328 g/mol. The molecule has 26 heavy (non-hydrogen) atoms. The Kier molecular flexibility index (Phi) is 8.60. The lowest BCUT2D eigenvalue weighted by Crippen LogP contribution is -2.50. The van der Waals surface area contributed by atoms with Crippen molar-refractivity contribution in [1.29, 1.82) is 0 Å². The molecule has 0 radical (unpaired) electrons. The third-order valence-electron chi connectivity index (χ3n) is 5.70. The maximum absolute atomic E-state index is 15.4. The molecule has 0 aromatic heterocycles. The molecular formula is C20H38B2F2N2. The van der Waals surface area contributed by atoms with Gasteiger partial charge in [0.05, 0.1) is 0 Å². The van der Waals surface area contributed by atoms with Gasteiger partial charge in [0.25, 0.3) is 0 Å². The molecule has 0 saturated carbocycles. The van der Waals surface area contributed by atoms with Crippen molar-refractivity contribution in [2.75, 3.05) is 0 Å². The molecule has 0 aromatic rings. The topological polar surface area (TPSA) is 6.48 Å². The van der Waals surface area contributed by atoms with E-state index in [1.54, 1.807) is 0 Å². The van der Waals surface area contributed by atoms with Crippen molar-refractivity contribution < 1.29 is 8.63 Å². The van der Waals surface area contributed by atoms with E-state index in [1.165, 1.54) is 0 Å². The zero-order valence-electron chi connectivity index (χ0n) is 18.4. The van der Waals surface area contributed by atoms with Gasteiger partial charge in [-0.25, -0.2) is 0 Å². The van der Waals surface area contributed by atoms with Crippen LogP contribution < -0.4 is 0 Å². The molecule has 0 spiro atoms. The quantitative estimate of drug-likeness (QED) is 0.397. The molecule has 0 aromatic carbocycles. The molecule has 0 heterocycles. The molecule has 148 valence electrons. The first kappa shape index (κ1) is 23.4. The minimum absolute atomic E-state index is 0.121. The molecule has 0 saturated heterocycles. The van der Waals surface area contributed by atoms with Crippen LogP contribution in [0.4, 0.5) is 8.63 Å². The first-order valence-corrected chi connectivity index (χ1v) is 10.1. The van der Waals surface area contributed by atoms with Crippen LogP contribution in [0, 0.1) is 0 Å². The van der Waals surface area contributed by atoms with Gasteiger partial charge in [-0.05, 0) is 38.0 Å². The number of rotatable bonds is 8. The molecule has 1 aliphatic rings. The van der Waals surface area contributed by atoms with Crippen LogP contribution in [0.1, 0.15) is 69.2 Å². The van der Waals surface area contributed by atoms with Crippen molar-refractivity contribution in [3.8, 4) is 0 Å². The highest BCUT2D eigenvalue weighted by Gasteiger charge is 2.42. The van der Waals surface area contributed by atoms with Gasteiger partial charge < -0.3 is 18.3 Å². The van der Waals surface area contributed by atoms with Gasteiger partial charge in [-0.3, -0.25) is 0 Å². The lowest BCUT2D eigenvalue weighted by atomic mass is 9.54. The fourth-order valence-electron chi connectivity index (χ4n) is 4.35. The number of hydrogen-bond acceptors (Lipinski definition) is 2. The fourth-order valence-corrected chi connectivity index (χ4v) is 4.35. The molecule has 2 atom stereocenters. The second kappa shape index (κ2) is 9.54. The first-order chi connectivity index (χ1) is 11.9. The third-order valence-corrected chi connectivity index (χ3v) is 5.70. The molecule has 0 aliphatic heterocycles. The summed E-state index contributed by atoms with van der Waals surface area (Å²) in [6, 6.07) is 0.483. The Morgan fingerprint density at radius 2 is 0.885 bits per heavy atom. The van der Waals surface area contributed by atoms with Crippen LogP contribution in [0.25, 0.3) is 0 Å². The van der Waals surface area contributed by atoms with Crippen LogP contribution in [0.15, 0.2) is 23.3 Å². The van der Waals surface area contributed by atoms with E-state index in [0.717, 1.165) is 11.1 Å². The molecule has 6 heteroatoms. The van der Waals surface area contributed by atoms with Crippen LogP contribution in [-0.2, 0) is 0 Å². The zero-order chi connectivity index (χ0) is 20.3. The summed E-state index contributed by atoms with van der Waals surface area (Å²) in [6.45, 7) is 20.1. The predicted molar refractivity (Wildman–Crippen MR) is 113 cm³/mol. The van der Waals surface area contributed by atoms with Crippen LogP contribution in [0.3, 0.4) is 0 Å². The molecule has 0 fully saturated rings. The summed E-state index contributed by atoms with van der Waals surface area (Å²) < 4.78 is 30.7. The highest BCUT2D eigenvalue weighted by molar-refractivity contribution is 6.53. The second-order valence-corrected chi connectivity index (χ2v) is 8.82. The molecule has 0 N–H and O–H groups in total. The Hall–Kier alpha value is -0.610. The van der Waals surface area contributed by atoms with Crippen molar-refractivity contribution in [2.45, 2.75) is 105 Å². The van der Waals surface area contributed by atoms with E-state index in [-0.39, 0.29) is 35.8 Å². The summed E-state index contributed by atoms with van der Waals surface area (Å²) in [5, 5.41) is 0. The Bertz CT molecular complexity index is 458.